The normalized spacial score (nSPS) is 18.8. The molecule has 11 heteroatoms. The standard InChI is InChI=1S/C28H36ClN5O4S/c1-39(37,38)34(19-21-6-7-21)26-5-3-2-4-25(26)32-12-14-33(15-13-32)28(36)24(31-27(35)22-17-30-18-22)16-20-8-10-23(29)11-9-20/h2-5,8-11,21-22,24,30H,6-7,12-19H2,1H3,(H,31,35)/t24-/m1/s1. The van der Waals surface area contributed by atoms with Gasteiger partial charge in [-0.3, -0.25) is 13.9 Å². The highest BCUT2D eigenvalue weighted by molar-refractivity contribution is 7.92. The zero-order valence-corrected chi connectivity index (χ0v) is 23.8. The highest BCUT2D eigenvalue weighted by Gasteiger charge is 2.34. The van der Waals surface area contributed by atoms with Crippen LogP contribution in [-0.4, -0.2) is 83.2 Å². The summed E-state index contributed by atoms with van der Waals surface area (Å²) in [6.45, 7) is 3.83. The molecule has 5 rings (SSSR count). The van der Waals surface area contributed by atoms with E-state index in [-0.39, 0.29) is 17.7 Å². The van der Waals surface area contributed by atoms with E-state index < -0.39 is 16.1 Å². The number of nitrogens with one attached hydrogen (secondary N) is 2. The Bertz CT molecular complexity index is 1290. The molecular weight excluding hydrogens is 538 g/mol. The monoisotopic (exact) mass is 573 g/mol. The maximum absolute atomic E-state index is 13.7. The number of anilines is 2. The van der Waals surface area contributed by atoms with Crippen LogP contribution < -0.4 is 19.8 Å². The zero-order valence-electron chi connectivity index (χ0n) is 22.2. The number of rotatable bonds is 10. The lowest BCUT2D eigenvalue weighted by atomic mass is 9.99. The second-order valence-corrected chi connectivity index (χ2v) is 13.1. The fourth-order valence-corrected chi connectivity index (χ4v) is 6.22. The molecule has 2 amide bonds. The molecule has 0 radical (unpaired) electrons. The van der Waals surface area contributed by atoms with E-state index in [1.165, 1.54) is 10.6 Å². The van der Waals surface area contributed by atoms with E-state index in [1.807, 2.05) is 36.4 Å². The molecule has 3 aliphatic rings. The van der Waals surface area contributed by atoms with Gasteiger partial charge in [-0.1, -0.05) is 35.9 Å². The summed E-state index contributed by atoms with van der Waals surface area (Å²) in [6, 6.07) is 14.3. The first-order valence-corrected chi connectivity index (χ1v) is 15.8. The number of carbonyl (C=O) groups is 2. The molecule has 9 nitrogen and oxygen atoms in total. The van der Waals surface area contributed by atoms with Crippen molar-refractivity contribution in [3.05, 3.63) is 59.1 Å². The van der Waals surface area contributed by atoms with Crippen molar-refractivity contribution in [1.29, 1.82) is 0 Å². The van der Waals surface area contributed by atoms with Crippen LogP contribution in [0.5, 0.6) is 0 Å². The Balaban J connectivity index is 1.28. The van der Waals surface area contributed by atoms with Crippen molar-refractivity contribution in [2.75, 3.05) is 61.3 Å². The fourth-order valence-electron chi connectivity index (χ4n) is 5.10. The maximum atomic E-state index is 13.7. The quantitative estimate of drug-likeness (QED) is 0.451. The number of benzene rings is 2. The van der Waals surface area contributed by atoms with Crippen molar-refractivity contribution in [1.82, 2.24) is 15.5 Å². The molecule has 0 spiro atoms. The SMILES string of the molecule is CS(=O)(=O)N(CC1CC1)c1ccccc1N1CCN(C(=O)[C@@H](Cc2ccc(Cl)cc2)NC(=O)C2CNC2)CC1. The summed E-state index contributed by atoms with van der Waals surface area (Å²) < 4.78 is 26.9. The van der Waals surface area contributed by atoms with Crippen molar-refractivity contribution in [2.24, 2.45) is 11.8 Å². The predicted molar refractivity (Wildman–Crippen MR) is 154 cm³/mol. The Hall–Kier alpha value is -2.82. The highest BCUT2D eigenvalue weighted by atomic mass is 35.5. The van der Waals surface area contributed by atoms with Gasteiger partial charge in [0.15, 0.2) is 0 Å². The topological polar surface area (TPSA) is 102 Å². The van der Waals surface area contributed by atoms with Crippen LogP contribution in [0.1, 0.15) is 18.4 Å². The molecule has 1 atom stereocenters. The molecular formula is C28H36ClN5O4S. The Kier molecular flexibility index (Phi) is 8.35. The minimum Gasteiger partial charge on any atom is -0.366 e. The second kappa shape index (κ2) is 11.7. The van der Waals surface area contributed by atoms with Gasteiger partial charge in [0.25, 0.3) is 0 Å². The summed E-state index contributed by atoms with van der Waals surface area (Å²) >= 11 is 6.04. The number of halogens is 1. The smallest absolute Gasteiger partial charge is 0.245 e. The fraction of sp³-hybridized carbons (Fsp3) is 0.500. The molecule has 2 aliphatic heterocycles. The summed E-state index contributed by atoms with van der Waals surface area (Å²) in [6.07, 6.45) is 3.76. The van der Waals surface area contributed by atoms with Crippen LogP contribution in [0.2, 0.25) is 5.02 Å². The van der Waals surface area contributed by atoms with Crippen LogP contribution in [0.4, 0.5) is 11.4 Å². The molecule has 210 valence electrons. The van der Waals surface area contributed by atoms with Gasteiger partial charge >= 0.3 is 0 Å². The molecule has 2 N–H and O–H groups in total. The van der Waals surface area contributed by atoms with Crippen LogP contribution in [0, 0.1) is 11.8 Å². The van der Waals surface area contributed by atoms with E-state index >= 15 is 0 Å². The first-order valence-electron chi connectivity index (χ1n) is 13.5. The second-order valence-electron chi connectivity index (χ2n) is 10.8. The lowest BCUT2D eigenvalue weighted by Gasteiger charge is -2.39. The predicted octanol–water partition coefficient (Wildman–Crippen LogP) is 2.11. The molecule has 3 fully saturated rings. The molecule has 0 aromatic heterocycles. The summed E-state index contributed by atoms with van der Waals surface area (Å²) in [5.41, 5.74) is 2.47. The first-order chi connectivity index (χ1) is 18.7. The molecule has 0 unspecified atom stereocenters. The Labute approximate surface area is 235 Å². The van der Waals surface area contributed by atoms with Gasteiger partial charge in [-0.2, -0.15) is 0 Å². The molecule has 2 heterocycles. The average molecular weight is 574 g/mol. The third-order valence-electron chi connectivity index (χ3n) is 7.72. The molecule has 39 heavy (non-hydrogen) atoms. The van der Waals surface area contributed by atoms with Crippen molar-refractivity contribution < 1.29 is 18.0 Å². The Morgan fingerprint density at radius 2 is 1.72 bits per heavy atom. The van der Waals surface area contributed by atoms with Crippen LogP contribution in [0.15, 0.2) is 48.5 Å². The summed E-state index contributed by atoms with van der Waals surface area (Å²) in [5, 5.41) is 6.72. The number of amides is 2. The number of para-hydroxylation sites is 2. The minimum absolute atomic E-state index is 0.106. The molecule has 1 aliphatic carbocycles. The van der Waals surface area contributed by atoms with Gasteiger partial charge in [0.1, 0.15) is 6.04 Å². The Morgan fingerprint density at radius 3 is 2.31 bits per heavy atom. The zero-order chi connectivity index (χ0) is 27.6. The number of carbonyl (C=O) groups excluding carboxylic acids is 2. The Morgan fingerprint density at radius 1 is 1.05 bits per heavy atom. The number of sulfonamides is 1. The van der Waals surface area contributed by atoms with Gasteiger partial charge in [0, 0.05) is 57.3 Å². The van der Waals surface area contributed by atoms with Crippen LogP contribution in [0.3, 0.4) is 0 Å². The van der Waals surface area contributed by atoms with Crippen LogP contribution in [-0.2, 0) is 26.0 Å². The van der Waals surface area contributed by atoms with Crippen molar-refractivity contribution in [3.8, 4) is 0 Å². The van der Waals surface area contributed by atoms with E-state index in [0.29, 0.717) is 68.9 Å². The number of piperazine rings is 1. The highest BCUT2D eigenvalue weighted by Crippen LogP contribution is 2.37. The van der Waals surface area contributed by atoms with Crippen LogP contribution >= 0.6 is 11.6 Å². The first kappa shape index (κ1) is 27.7. The third kappa shape index (κ3) is 6.85. The molecule has 2 aromatic rings. The number of hydrogen-bond acceptors (Lipinski definition) is 6. The lowest BCUT2D eigenvalue weighted by molar-refractivity contribution is -0.138. The average Bonchev–Trinajstić information content (AvgIpc) is 3.71. The van der Waals surface area contributed by atoms with Gasteiger partial charge in [0.05, 0.1) is 23.5 Å². The summed E-state index contributed by atoms with van der Waals surface area (Å²) in [7, 11) is -3.43. The summed E-state index contributed by atoms with van der Waals surface area (Å²) in [5.74, 6) is 0.0771. The van der Waals surface area contributed by atoms with E-state index in [2.05, 4.69) is 15.5 Å². The number of hydrogen-bond donors (Lipinski definition) is 2. The van der Waals surface area contributed by atoms with Crippen molar-refractivity contribution in [2.45, 2.75) is 25.3 Å². The molecule has 2 saturated heterocycles. The van der Waals surface area contributed by atoms with E-state index in [1.54, 1.807) is 17.0 Å². The minimum atomic E-state index is -3.43. The van der Waals surface area contributed by atoms with E-state index in [0.717, 1.165) is 24.1 Å². The molecule has 0 bridgehead atoms. The lowest BCUT2D eigenvalue weighted by Crippen LogP contribution is -2.58. The number of nitrogens with zero attached hydrogens (tertiary/aromatic N) is 3. The van der Waals surface area contributed by atoms with Gasteiger partial charge in [0.2, 0.25) is 21.8 Å². The van der Waals surface area contributed by atoms with Crippen molar-refractivity contribution in [3.63, 3.8) is 0 Å². The van der Waals surface area contributed by atoms with Crippen molar-refractivity contribution >= 4 is 44.8 Å². The third-order valence-corrected chi connectivity index (χ3v) is 9.12. The van der Waals surface area contributed by atoms with Gasteiger partial charge in [-0.15, -0.1) is 0 Å². The van der Waals surface area contributed by atoms with E-state index in [4.69, 9.17) is 11.6 Å². The largest absolute Gasteiger partial charge is 0.366 e. The molecule has 2 aromatic carbocycles. The van der Waals surface area contributed by atoms with Gasteiger partial charge < -0.3 is 20.4 Å². The van der Waals surface area contributed by atoms with E-state index in [9.17, 15) is 18.0 Å². The van der Waals surface area contributed by atoms with Gasteiger partial charge in [-0.05, 0) is 48.6 Å². The summed E-state index contributed by atoms with van der Waals surface area (Å²) in [4.78, 5) is 30.4. The molecule has 1 saturated carbocycles. The maximum Gasteiger partial charge on any atom is 0.245 e. The van der Waals surface area contributed by atoms with Crippen LogP contribution in [0.25, 0.3) is 0 Å². The van der Waals surface area contributed by atoms with Gasteiger partial charge in [-0.25, -0.2) is 8.42 Å².